The molecule has 2 N–H and O–H groups in total. The highest BCUT2D eigenvalue weighted by molar-refractivity contribution is 5.28. The van der Waals surface area contributed by atoms with Crippen LogP contribution in [-0.2, 0) is 6.18 Å². The quantitative estimate of drug-likeness (QED) is 0.832. The molecule has 0 bridgehead atoms. The number of hydrogen-bond acceptors (Lipinski definition) is 4. The zero-order chi connectivity index (χ0) is 17.2. The van der Waals surface area contributed by atoms with E-state index in [4.69, 9.17) is 5.26 Å². The first-order valence-corrected chi connectivity index (χ1v) is 8.25. The van der Waals surface area contributed by atoms with Crippen molar-refractivity contribution in [2.24, 2.45) is 5.92 Å². The van der Waals surface area contributed by atoms with Crippen molar-refractivity contribution in [1.82, 2.24) is 15.8 Å². The van der Waals surface area contributed by atoms with Gasteiger partial charge in [0.2, 0.25) is 0 Å². The summed E-state index contributed by atoms with van der Waals surface area (Å²) in [5.41, 5.74) is 6.48. The van der Waals surface area contributed by atoms with E-state index >= 15 is 0 Å². The number of nitriles is 1. The Kier molecular flexibility index (Phi) is 5.09. The highest BCUT2D eigenvalue weighted by Crippen LogP contribution is 2.34. The van der Waals surface area contributed by atoms with E-state index in [2.05, 4.69) is 21.8 Å². The van der Waals surface area contributed by atoms with Gasteiger partial charge in [-0.1, -0.05) is 12.1 Å². The van der Waals surface area contributed by atoms with E-state index in [1.54, 1.807) is 6.07 Å². The second-order valence-electron chi connectivity index (χ2n) is 6.58. The lowest BCUT2D eigenvalue weighted by molar-refractivity contribution is -0.137. The molecule has 2 unspecified atom stereocenters. The summed E-state index contributed by atoms with van der Waals surface area (Å²) in [6.45, 7) is 2.28. The van der Waals surface area contributed by atoms with Crippen molar-refractivity contribution in [2.45, 2.75) is 37.5 Å². The lowest BCUT2D eigenvalue weighted by atomic mass is 9.86. The van der Waals surface area contributed by atoms with Crippen molar-refractivity contribution in [2.75, 3.05) is 19.6 Å². The van der Waals surface area contributed by atoms with Gasteiger partial charge in [-0.15, -0.1) is 0 Å². The molecule has 0 radical (unpaired) electrons. The van der Waals surface area contributed by atoms with Gasteiger partial charge in [-0.3, -0.25) is 15.8 Å². The Morgan fingerprint density at radius 3 is 2.62 bits per heavy atom. The number of rotatable bonds is 3. The van der Waals surface area contributed by atoms with Crippen LogP contribution in [-0.4, -0.2) is 30.6 Å². The molecule has 2 fully saturated rings. The Bertz CT molecular complexity index is 603. The van der Waals surface area contributed by atoms with Gasteiger partial charge < -0.3 is 0 Å². The molecule has 0 aromatic heterocycles. The topological polar surface area (TPSA) is 51.1 Å². The fraction of sp³-hybridized carbons (Fsp3) is 0.588. The molecule has 0 amide bonds. The summed E-state index contributed by atoms with van der Waals surface area (Å²) in [6, 6.07) is 7.88. The third-order valence-corrected chi connectivity index (χ3v) is 5.04. The number of hydrogen-bond donors (Lipinski definition) is 2. The first kappa shape index (κ1) is 17.2. The normalized spacial score (nSPS) is 26.4. The van der Waals surface area contributed by atoms with Gasteiger partial charge in [0.15, 0.2) is 0 Å². The Morgan fingerprint density at radius 1 is 1.21 bits per heavy atom. The van der Waals surface area contributed by atoms with Gasteiger partial charge in [0.1, 0.15) is 0 Å². The predicted octanol–water partition coefficient (Wildman–Crippen LogP) is 2.85. The molecular formula is C17H21F3N4. The molecule has 4 nitrogen and oxygen atoms in total. The van der Waals surface area contributed by atoms with E-state index in [1.165, 1.54) is 12.1 Å². The molecule has 2 aliphatic rings. The maximum Gasteiger partial charge on any atom is 0.416 e. The minimum atomic E-state index is -4.31. The van der Waals surface area contributed by atoms with Gasteiger partial charge in [-0.05, 0) is 56.0 Å². The number of piperidine rings is 1. The molecule has 1 aromatic carbocycles. The number of alkyl halides is 3. The minimum Gasteiger partial charge on any atom is -0.291 e. The summed E-state index contributed by atoms with van der Waals surface area (Å²) in [5, 5.41) is 8.74. The molecule has 0 aliphatic carbocycles. The molecular weight excluding hydrogens is 317 g/mol. The lowest BCUT2D eigenvalue weighted by Gasteiger charge is -2.33. The summed E-state index contributed by atoms with van der Waals surface area (Å²) in [6.07, 6.45) is -1.51. The third kappa shape index (κ3) is 3.89. The van der Waals surface area contributed by atoms with Gasteiger partial charge in [0.05, 0.1) is 18.2 Å². The fourth-order valence-corrected chi connectivity index (χ4v) is 3.65. The minimum absolute atomic E-state index is 0.102. The van der Waals surface area contributed by atoms with Crippen LogP contribution in [0.3, 0.4) is 0 Å². The van der Waals surface area contributed by atoms with Crippen LogP contribution in [0.1, 0.15) is 36.4 Å². The first-order chi connectivity index (χ1) is 11.5. The van der Waals surface area contributed by atoms with Crippen molar-refractivity contribution >= 4 is 0 Å². The Hall–Kier alpha value is -1.62. The van der Waals surface area contributed by atoms with Crippen molar-refractivity contribution < 1.29 is 13.2 Å². The van der Waals surface area contributed by atoms with Crippen molar-refractivity contribution in [3.05, 3.63) is 35.4 Å². The number of likely N-dealkylation sites (tertiary alicyclic amines) is 1. The van der Waals surface area contributed by atoms with E-state index in [9.17, 15) is 13.2 Å². The van der Waals surface area contributed by atoms with Crippen LogP contribution >= 0.6 is 0 Å². The predicted molar refractivity (Wildman–Crippen MR) is 83.6 cm³/mol. The molecule has 2 heterocycles. The van der Waals surface area contributed by atoms with Crippen LogP contribution in [0.25, 0.3) is 0 Å². The summed E-state index contributed by atoms with van der Waals surface area (Å²) >= 11 is 0. The first-order valence-electron chi connectivity index (χ1n) is 8.25. The molecule has 3 rings (SSSR count). The van der Waals surface area contributed by atoms with Crippen LogP contribution < -0.4 is 10.9 Å². The average molecular weight is 338 g/mol. The second-order valence-corrected chi connectivity index (χ2v) is 6.58. The van der Waals surface area contributed by atoms with Gasteiger partial charge >= 0.3 is 6.18 Å². The molecule has 2 aliphatic heterocycles. The zero-order valence-corrected chi connectivity index (χ0v) is 13.3. The summed E-state index contributed by atoms with van der Waals surface area (Å²) in [4.78, 5) is 2.14. The molecule has 0 spiro atoms. The smallest absolute Gasteiger partial charge is 0.291 e. The van der Waals surface area contributed by atoms with Crippen molar-refractivity contribution in [3.8, 4) is 6.07 Å². The van der Waals surface area contributed by atoms with Crippen LogP contribution in [0, 0.1) is 17.2 Å². The molecule has 7 heteroatoms. The molecule has 2 saturated heterocycles. The van der Waals surface area contributed by atoms with E-state index < -0.39 is 11.7 Å². The SMILES string of the molecule is N#CCN1CCC(C2CC(c3cccc(C(F)(F)F)c3)NN2)CC1. The molecule has 2 atom stereocenters. The average Bonchev–Trinajstić information content (AvgIpc) is 3.05. The number of halogens is 3. The van der Waals surface area contributed by atoms with Crippen LogP contribution in [0.15, 0.2) is 24.3 Å². The summed E-state index contributed by atoms with van der Waals surface area (Å²) < 4.78 is 38.6. The fourth-order valence-electron chi connectivity index (χ4n) is 3.65. The van der Waals surface area contributed by atoms with E-state index in [0.29, 0.717) is 18.0 Å². The number of nitrogens with one attached hydrogen (secondary N) is 2. The Balaban J connectivity index is 1.59. The van der Waals surface area contributed by atoms with Crippen LogP contribution in [0.4, 0.5) is 13.2 Å². The Morgan fingerprint density at radius 2 is 1.96 bits per heavy atom. The Labute approximate surface area is 139 Å². The van der Waals surface area contributed by atoms with Crippen molar-refractivity contribution in [3.63, 3.8) is 0 Å². The van der Waals surface area contributed by atoms with Gasteiger partial charge in [-0.2, -0.15) is 18.4 Å². The maximum absolute atomic E-state index is 12.9. The number of nitrogens with zero attached hydrogens (tertiary/aromatic N) is 2. The van der Waals surface area contributed by atoms with E-state index in [1.807, 2.05) is 0 Å². The van der Waals surface area contributed by atoms with Gasteiger partial charge in [0.25, 0.3) is 0 Å². The highest BCUT2D eigenvalue weighted by atomic mass is 19.4. The molecule has 130 valence electrons. The molecule has 1 aromatic rings. The monoisotopic (exact) mass is 338 g/mol. The van der Waals surface area contributed by atoms with Gasteiger partial charge in [-0.25, -0.2) is 0 Å². The second kappa shape index (κ2) is 7.09. The summed E-state index contributed by atoms with van der Waals surface area (Å²) in [5.74, 6) is 0.489. The number of benzene rings is 1. The van der Waals surface area contributed by atoms with Crippen LogP contribution in [0.2, 0.25) is 0 Å². The molecule has 0 saturated carbocycles. The zero-order valence-electron chi connectivity index (χ0n) is 13.3. The molecule has 24 heavy (non-hydrogen) atoms. The van der Waals surface area contributed by atoms with E-state index in [-0.39, 0.29) is 12.1 Å². The third-order valence-electron chi connectivity index (χ3n) is 5.04. The van der Waals surface area contributed by atoms with Crippen molar-refractivity contribution in [1.29, 1.82) is 5.26 Å². The van der Waals surface area contributed by atoms with Crippen LogP contribution in [0.5, 0.6) is 0 Å². The maximum atomic E-state index is 12.9. The van der Waals surface area contributed by atoms with Gasteiger partial charge in [0, 0.05) is 12.1 Å². The standard InChI is InChI=1S/C17H21F3N4/c18-17(19,20)14-3-1-2-13(10-14)16-11-15(22-23-16)12-4-7-24(8-5-12)9-6-21/h1-3,10,12,15-16,22-23H,4-5,7-9,11H2. The number of hydrazine groups is 1. The summed E-state index contributed by atoms with van der Waals surface area (Å²) in [7, 11) is 0. The largest absolute Gasteiger partial charge is 0.416 e. The lowest BCUT2D eigenvalue weighted by Crippen LogP contribution is -2.42. The highest BCUT2D eigenvalue weighted by Gasteiger charge is 2.35. The van der Waals surface area contributed by atoms with E-state index in [0.717, 1.165) is 38.4 Å².